The van der Waals surface area contributed by atoms with Crippen LogP contribution in [0.25, 0.3) is 0 Å². The van der Waals surface area contributed by atoms with E-state index in [9.17, 15) is 0 Å². The van der Waals surface area contributed by atoms with Gasteiger partial charge in [0.2, 0.25) is 0 Å². The van der Waals surface area contributed by atoms with Crippen molar-refractivity contribution in [3.63, 3.8) is 0 Å². The van der Waals surface area contributed by atoms with Gasteiger partial charge in [-0.1, -0.05) is 7.92 Å². The molecular formula is C6H15O4P. The van der Waals surface area contributed by atoms with Crippen LogP contribution in [0.1, 0.15) is 0 Å². The summed E-state index contributed by atoms with van der Waals surface area (Å²) in [6.45, 7) is 3.32. The maximum Gasteiger partial charge on any atom is 0.178 e. The molecule has 0 bridgehead atoms. The lowest BCUT2D eigenvalue weighted by atomic mass is 10.7. The van der Waals surface area contributed by atoms with Gasteiger partial charge < -0.3 is 20.1 Å². The first kappa shape index (κ1) is 11.3. The lowest BCUT2D eigenvalue weighted by Crippen LogP contribution is -2.25. The molecule has 4 nitrogen and oxygen atoms in total. The van der Waals surface area contributed by atoms with Crippen LogP contribution in [0.2, 0.25) is 0 Å². The molecule has 68 valence electrons. The summed E-state index contributed by atoms with van der Waals surface area (Å²) in [4.78, 5) is 0. The maximum absolute atomic E-state index is 8.84. The fraction of sp³-hybridized carbons (Fsp3) is 1.00. The summed E-state index contributed by atoms with van der Waals surface area (Å²) in [7, 11) is -0.446. The Hall–Kier alpha value is 0.270. The molecule has 2 unspecified atom stereocenters. The van der Waals surface area contributed by atoms with E-state index < -0.39 is 20.8 Å². The van der Waals surface area contributed by atoms with Crippen molar-refractivity contribution in [2.24, 2.45) is 0 Å². The van der Waals surface area contributed by atoms with Crippen LogP contribution in [-0.4, -0.2) is 54.0 Å². The molecule has 0 aliphatic heterocycles. The van der Waals surface area contributed by atoms with Crippen molar-refractivity contribution in [3.05, 3.63) is 0 Å². The molecule has 0 aromatic carbocycles. The monoisotopic (exact) mass is 182 g/mol. The van der Waals surface area contributed by atoms with Crippen LogP contribution < -0.4 is 0 Å². The van der Waals surface area contributed by atoms with Crippen molar-refractivity contribution >= 4 is 7.92 Å². The third-order valence-corrected chi connectivity index (χ3v) is 2.64. The standard InChI is InChI=1S/C6H15O4P/c1-11(2)6(4-8)10-5(9)3-7/h5-9H,3-4H2,1-2H3. The van der Waals surface area contributed by atoms with Crippen LogP contribution >= 0.6 is 7.92 Å². The molecule has 0 amide bonds. The minimum atomic E-state index is -1.17. The van der Waals surface area contributed by atoms with E-state index in [0.29, 0.717) is 0 Å². The van der Waals surface area contributed by atoms with Gasteiger partial charge in [-0.2, -0.15) is 0 Å². The number of aliphatic hydroxyl groups excluding tert-OH is 3. The fourth-order valence-electron chi connectivity index (χ4n) is 0.552. The minimum Gasteiger partial charge on any atom is -0.393 e. The highest BCUT2D eigenvalue weighted by atomic mass is 31.1. The molecule has 0 aliphatic carbocycles. The number of ether oxygens (including phenoxy) is 1. The maximum atomic E-state index is 8.84. The Bertz CT molecular complexity index is 98.6. The highest BCUT2D eigenvalue weighted by Crippen LogP contribution is 2.32. The molecule has 0 aliphatic rings. The molecule has 0 heterocycles. The molecular weight excluding hydrogens is 167 g/mol. The van der Waals surface area contributed by atoms with Gasteiger partial charge >= 0.3 is 0 Å². The Labute approximate surface area is 67.6 Å². The van der Waals surface area contributed by atoms with Gasteiger partial charge in [-0.3, -0.25) is 0 Å². The first-order chi connectivity index (χ1) is 5.11. The molecule has 3 N–H and O–H groups in total. The van der Waals surface area contributed by atoms with Crippen molar-refractivity contribution < 1.29 is 20.1 Å². The van der Waals surface area contributed by atoms with Crippen LogP contribution in [0, 0.1) is 0 Å². The van der Waals surface area contributed by atoms with Crippen LogP contribution in [0.15, 0.2) is 0 Å². The molecule has 11 heavy (non-hydrogen) atoms. The second kappa shape index (κ2) is 5.86. The van der Waals surface area contributed by atoms with E-state index in [1.807, 2.05) is 13.3 Å². The molecule has 0 saturated carbocycles. The topological polar surface area (TPSA) is 69.9 Å². The van der Waals surface area contributed by atoms with Gasteiger partial charge in [0.25, 0.3) is 0 Å². The average Bonchev–Trinajstić information content (AvgIpc) is 1.99. The van der Waals surface area contributed by atoms with E-state index in [-0.39, 0.29) is 12.5 Å². The Balaban J connectivity index is 3.68. The van der Waals surface area contributed by atoms with Crippen molar-refractivity contribution in [2.75, 3.05) is 26.5 Å². The Morgan fingerprint density at radius 1 is 1.27 bits per heavy atom. The first-order valence-electron chi connectivity index (χ1n) is 3.33. The highest BCUT2D eigenvalue weighted by Gasteiger charge is 2.15. The van der Waals surface area contributed by atoms with E-state index in [4.69, 9.17) is 20.1 Å². The van der Waals surface area contributed by atoms with Crippen molar-refractivity contribution in [1.82, 2.24) is 0 Å². The van der Waals surface area contributed by atoms with Crippen molar-refractivity contribution in [1.29, 1.82) is 0 Å². The highest BCUT2D eigenvalue weighted by molar-refractivity contribution is 7.56. The molecule has 0 spiro atoms. The minimum absolute atomic E-state index is 0.115. The number of hydrogen-bond donors (Lipinski definition) is 3. The van der Waals surface area contributed by atoms with E-state index >= 15 is 0 Å². The number of rotatable bonds is 5. The zero-order valence-electron chi connectivity index (χ0n) is 6.77. The zero-order valence-corrected chi connectivity index (χ0v) is 7.66. The SMILES string of the molecule is CP(C)C(CO)OC(O)CO. The average molecular weight is 182 g/mol. The number of hydrogen-bond acceptors (Lipinski definition) is 4. The van der Waals surface area contributed by atoms with Crippen LogP contribution in [-0.2, 0) is 4.74 Å². The van der Waals surface area contributed by atoms with E-state index in [1.165, 1.54) is 0 Å². The normalized spacial score (nSPS) is 16.9. The van der Waals surface area contributed by atoms with Gasteiger partial charge in [-0.05, 0) is 13.3 Å². The van der Waals surface area contributed by atoms with Crippen molar-refractivity contribution in [2.45, 2.75) is 12.1 Å². The molecule has 0 radical (unpaired) electrons. The Morgan fingerprint density at radius 2 is 1.82 bits per heavy atom. The lowest BCUT2D eigenvalue weighted by Gasteiger charge is -2.21. The third-order valence-electron chi connectivity index (χ3n) is 1.20. The summed E-state index contributed by atoms with van der Waals surface area (Å²) in [6.07, 6.45) is -1.17. The summed E-state index contributed by atoms with van der Waals surface area (Å²) in [6, 6.07) is 0. The first-order valence-corrected chi connectivity index (χ1v) is 5.64. The molecule has 0 fully saturated rings. The third kappa shape index (κ3) is 4.67. The largest absolute Gasteiger partial charge is 0.393 e. The summed E-state index contributed by atoms with van der Waals surface area (Å²) in [5.74, 6) is -0.341. The van der Waals surface area contributed by atoms with Gasteiger partial charge in [-0.15, -0.1) is 0 Å². The van der Waals surface area contributed by atoms with Gasteiger partial charge in [0.1, 0.15) is 5.85 Å². The number of aliphatic hydroxyl groups is 3. The Kier molecular flexibility index (Phi) is 6.01. The predicted octanol–water partition coefficient (Wildman–Crippen LogP) is -0.626. The fourth-order valence-corrected chi connectivity index (χ4v) is 1.26. The van der Waals surface area contributed by atoms with Gasteiger partial charge in [0.15, 0.2) is 6.29 Å². The molecule has 0 aromatic rings. The summed E-state index contributed by atoms with van der Waals surface area (Å²) < 4.78 is 4.89. The van der Waals surface area contributed by atoms with E-state index in [2.05, 4.69) is 0 Å². The van der Waals surface area contributed by atoms with E-state index in [1.54, 1.807) is 0 Å². The predicted molar refractivity (Wildman–Crippen MR) is 43.8 cm³/mol. The lowest BCUT2D eigenvalue weighted by molar-refractivity contribution is -0.142. The van der Waals surface area contributed by atoms with E-state index in [0.717, 1.165) is 0 Å². The Morgan fingerprint density at radius 3 is 2.09 bits per heavy atom. The van der Waals surface area contributed by atoms with Crippen molar-refractivity contribution in [3.8, 4) is 0 Å². The molecule has 0 saturated heterocycles. The van der Waals surface area contributed by atoms with Crippen LogP contribution in [0.3, 0.4) is 0 Å². The molecule has 0 rings (SSSR count). The zero-order chi connectivity index (χ0) is 8.85. The second-order valence-electron chi connectivity index (χ2n) is 2.37. The summed E-state index contributed by atoms with van der Waals surface area (Å²) >= 11 is 0. The summed E-state index contributed by atoms with van der Waals surface area (Å²) in [5, 5.41) is 26.0. The summed E-state index contributed by atoms with van der Waals surface area (Å²) in [5.41, 5.74) is 0. The second-order valence-corrected chi connectivity index (χ2v) is 4.88. The molecule has 2 atom stereocenters. The van der Waals surface area contributed by atoms with Crippen LogP contribution in [0.5, 0.6) is 0 Å². The quantitative estimate of drug-likeness (QED) is 0.391. The van der Waals surface area contributed by atoms with Gasteiger partial charge in [0, 0.05) is 0 Å². The van der Waals surface area contributed by atoms with Crippen LogP contribution in [0.4, 0.5) is 0 Å². The van der Waals surface area contributed by atoms with Gasteiger partial charge in [0.05, 0.1) is 13.2 Å². The molecule has 0 aromatic heterocycles. The smallest absolute Gasteiger partial charge is 0.178 e. The molecule has 5 heteroatoms. The van der Waals surface area contributed by atoms with Gasteiger partial charge in [-0.25, -0.2) is 0 Å².